The van der Waals surface area contributed by atoms with Crippen molar-refractivity contribution < 1.29 is 9.53 Å². The molecule has 1 unspecified atom stereocenters. The number of benzene rings is 1. The fourth-order valence-electron chi connectivity index (χ4n) is 2.48. The lowest BCUT2D eigenvalue weighted by atomic mass is 9.95. The van der Waals surface area contributed by atoms with E-state index in [1.54, 1.807) is 0 Å². The molecule has 1 aromatic heterocycles. The van der Waals surface area contributed by atoms with Gasteiger partial charge in [-0.05, 0) is 31.4 Å². The van der Waals surface area contributed by atoms with Gasteiger partial charge in [-0.15, -0.1) is 0 Å². The van der Waals surface area contributed by atoms with E-state index in [2.05, 4.69) is 16.0 Å². The van der Waals surface area contributed by atoms with Crippen LogP contribution in [0, 0.1) is 5.92 Å². The van der Waals surface area contributed by atoms with Crippen LogP contribution < -0.4 is 5.73 Å². The number of hydrogen-bond donors (Lipinski definition) is 1. The highest BCUT2D eigenvalue weighted by Gasteiger charge is 2.20. The summed E-state index contributed by atoms with van der Waals surface area (Å²) >= 11 is 0. The second kappa shape index (κ2) is 5.91. The van der Waals surface area contributed by atoms with Crippen LogP contribution >= 0.6 is 0 Å². The molecule has 2 N–H and O–H groups in total. The minimum Gasteiger partial charge on any atom is -0.457 e. The number of carbonyl (C=O) groups is 1. The van der Waals surface area contributed by atoms with E-state index >= 15 is 0 Å². The van der Waals surface area contributed by atoms with E-state index < -0.39 is 0 Å². The number of nitrogen functional groups attached to an aromatic ring is 1. The first kappa shape index (κ1) is 13.5. The van der Waals surface area contributed by atoms with E-state index in [1.165, 1.54) is 0 Å². The molecule has 1 aromatic carbocycles. The number of rotatable bonds is 3. The van der Waals surface area contributed by atoms with Gasteiger partial charge in [-0.2, -0.15) is 0 Å². The molecule has 1 aliphatic rings. The molecule has 5 nitrogen and oxygen atoms in total. The molecule has 1 aliphatic carbocycles. The quantitative estimate of drug-likeness (QED) is 0.692. The van der Waals surface area contributed by atoms with E-state index in [9.17, 15) is 4.79 Å². The summed E-state index contributed by atoms with van der Waals surface area (Å²) in [5.41, 5.74) is 6.67. The van der Waals surface area contributed by atoms with Gasteiger partial charge in [0.05, 0.1) is 11.4 Å². The predicted octanol–water partition coefficient (Wildman–Crippen LogP) is 2.61. The molecule has 0 fully saturated rings. The molecular weight excluding hydrogens is 266 g/mol. The lowest BCUT2D eigenvalue weighted by molar-refractivity contribution is -0.150. The number of para-hydroxylation sites is 1. The Kier molecular flexibility index (Phi) is 3.81. The molecule has 3 rings (SSSR count). The summed E-state index contributed by atoms with van der Waals surface area (Å²) in [6, 6.07) is 7.51. The SMILES string of the molecule is Nc1nc(COC(=O)C2CC=CCC2)nc2ccccc12. The summed E-state index contributed by atoms with van der Waals surface area (Å²) in [5.74, 6) is 0.612. The van der Waals surface area contributed by atoms with Gasteiger partial charge in [0.2, 0.25) is 0 Å². The Labute approximate surface area is 122 Å². The summed E-state index contributed by atoms with van der Waals surface area (Å²) < 4.78 is 5.32. The predicted molar refractivity (Wildman–Crippen MR) is 80.2 cm³/mol. The van der Waals surface area contributed by atoms with Crippen LogP contribution in [-0.4, -0.2) is 15.9 Å². The maximum atomic E-state index is 12.0. The number of carbonyl (C=O) groups excluding carboxylic acids is 1. The summed E-state index contributed by atoms with van der Waals surface area (Å²) in [5, 5.41) is 0.810. The topological polar surface area (TPSA) is 78.1 Å². The lowest BCUT2D eigenvalue weighted by Gasteiger charge is -2.16. The van der Waals surface area contributed by atoms with Crippen LogP contribution in [0.15, 0.2) is 36.4 Å². The van der Waals surface area contributed by atoms with Crippen LogP contribution in [0.4, 0.5) is 5.82 Å². The highest BCUT2D eigenvalue weighted by atomic mass is 16.5. The highest BCUT2D eigenvalue weighted by Crippen LogP contribution is 2.21. The number of anilines is 1. The molecule has 1 atom stereocenters. The summed E-state index contributed by atoms with van der Waals surface area (Å²) in [6.07, 6.45) is 6.64. The first-order valence-electron chi connectivity index (χ1n) is 7.07. The van der Waals surface area contributed by atoms with Gasteiger partial charge >= 0.3 is 5.97 Å². The molecule has 0 saturated heterocycles. The van der Waals surface area contributed by atoms with Gasteiger partial charge in [-0.3, -0.25) is 4.79 Å². The zero-order valence-corrected chi connectivity index (χ0v) is 11.7. The van der Waals surface area contributed by atoms with Crippen LogP contribution in [-0.2, 0) is 16.1 Å². The standard InChI is InChI=1S/C16H17N3O2/c17-15-12-8-4-5-9-13(12)18-14(19-15)10-21-16(20)11-6-2-1-3-7-11/h1-2,4-5,8-9,11H,3,6-7,10H2,(H2,17,18,19). The van der Waals surface area contributed by atoms with Gasteiger partial charge in [-0.25, -0.2) is 9.97 Å². The van der Waals surface area contributed by atoms with Crippen LogP contribution in [0.1, 0.15) is 25.1 Å². The maximum absolute atomic E-state index is 12.0. The number of esters is 1. The van der Waals surface area contributed by atoms with Crippen molar-refractivity contribution in [3.05, 3.63) is 42.2 Å². The Morgan fingerprint density at radius 3 is 2.95 bits per heavy atom. The normalized spacial score (nSPS) is 17.8. The van der Waals surface area contributed by atoms with Gasteiger partial charge in [0.1, 0.15) is 5.82 Å². The van der Waals surface area contributed by atoms with Gasteiger partial charge in [0, 0.05) is 5.39 Å². The van der Waals surface area contributed by atoms with Crippen molar-refractivity contribution in [1.82, 2.24) is 9.97 Å². The molecule has 5 heteroatoms. The number of nitrogens with zero attached hydrogens (tertiary/aromatic N) is 2. The third kappa shape index (κ3) is 3.02. The minimum absolute atomic E-state index is 0.0483. The fraction of sp³-hybridized carbons (Fsp3) is 0.312. The monoisotopic (exact) mass is 283 g/mol. The van der Waals surface area contributed by atoms with Crippen molar-refractivity contribution >= 4 is 22.7 Å². The second-order valence-electron chi connectivity index (χ2n) is 5.13. The van der Waals surface area contributed by atoms with Crippen molar-refractivity contribution in [2.24, 2.45) is 5.92 Å². The van der Waals surface area contributed by atoms with Crippen molar-refractivity contribution in [3.63, 3.8) is 0 Å². The largest absolute Gasteiger partial charge is 0.457 e. The number of ether oxygens (including phenoxy) is 1. The van der Waals surface area contributed by atoms with E-state index in [0.717, 1.165) is 30.2 Å². The zero-order chi connectivity index (χ0) is 14.7. The van der Waals surface area contributed by atoms with E-state index in [-0.39, 0.29) is 18.5 Å². The first-order chi connectivity index (χ1) is 10.2. The third-order valence-electron chi connectivity index (χ3n) is 3.62. The Morgan fingerprint density at radius 1 is 1.29 bits per heavy atom. The molecular formula is C16H17N3O2. The second-order valence-corrected chi connectivity index (χ2v) is 5.13. The zero-order valence-electron chi connectivity index (χ0n) is 11.7. The molecule has 2 aromatic rings. The Balaban J connectivity index is 1.70. The fourth-order valence-corrected chi connectivity index (χ4v) is 2.48. The molecule has 21 heavy (non-hydrogen) atoms. The number of hydrogen-bond acceptors (Lipinski definition) is 5. The average Bonchev–Trinajstić information content (AvgIpc) is 2.53. The van der Waals surface area contributed by atoms with Crippen LogP contribution in [0.25, 0.3) is 10.9 Å². The lowest BCUT2D eigenvalue weighted by Crippen LogP contribution is -2.19. The van der Waals surface area contributed by atoms with E-state index in [4.69, 9.17) is 10.5 Å². The van der Waals surface area contributed by atoms with Crippen LogP contribution in [0.3, 0.4) is 0 Å². The highest BCUT2D eigenvalue weighted by molar-refractivity contribution is 5.87. The molecule has 0 saturated carbocycles. The number of allylic oxidation sites excluding steroid dienone is 2. The molecule has 1 heterocycles. The third-order valence-corrected chi connectivity index (χ3v) is 3.62. The maximum Gasteiger partial charge on any atom is 0.309 e. The Morgan fingerprint density at radius 2 is 2.14 bits per heavy atom. The van der Waals surface area contributed by atoms with Crippen LogP contribution in [0.5, 0.6) is 0 Å². The van der Waals surface area contributed by atoms with Crippen molar-refractivity contribution in [2.45, 2.75) is 25.9 Å². The van der Waals surface area contributed by atoms with Crippen molar-refractivity contribution in [1.29, 1.82) is 0 Å². The Hall–Kier alpha value is -2.43. The summed E-state index contributed by atoms with van der Waals surface area (Å²) in [7, 11) is 0. The molecule has 0 spiro atoms. The summed E-state index contributed by atoms with van der Waals surface area (Å²) in [6.45, 7) is 0.0636. The van der Waals surface area contributed by atoms with Gasteiger partial charge in [-0.1, -0.05) is 24.3 Å². The number of aromatic nitrogens is 2. The molecule has 0 aliphatic heterocycles. The first-order valence-corrected chi connectivity index (χ1v) is 7.07. The number of fused-ring (bicyclic) bond motifs is 1. The molecule has 108 valence electrons. The van der Waals surface area contributed by atoms with Gasteiger partial charge in [0.25, 0.3) is 0 Å². The van der Waals surface area contributed by atoms with E-state index in [0.29, 0.717) is 11.6 Å². The van der Waals surface area contributed by atoms with E-state index in [1.807, 2.05) is 30.3 Å². The minimum atomic E-state index is -0.185. The van der Waals surface area contributed by atoms with Gasteiger partial charge < -0.3 is 10.5 Å². The van der Waals surface area contributed by atoms with Crippen molar-refractivity contribution in [3.8, 4) is 0 Å². The molecule has 0 bridgehead atoms. The Bertz CT molecular complexity index is 697. The number of nitrogens with two attached hydrogens (primary N) is 1. The van der Waals surface area contributed by atoms with Gasteiger partial charge in [0.15, 0.2) is 12.4 Å². The molecule has 0 radical (unpaired) electrons. The smallest absolute Gasteiger partial charge is 0.309 e. The average molecular weight is 283 g/mol. The van der Waals surface area contributed by atoms with Crippen LogP contribution in [0.2, 0.25) is 0 Å². The molecule has 0 amide bonds. The summed E-state index contributed by atoms with van der Waals surface area (Å²) in [4.78, 5) is 20.5. The van der Waals surface area contributed by atoms with Crippen molar-refractivity contribution in [2.75, 3.05) is 5.73 Å².